The van der Waals surface area contributed by atoms with Gasteiger partial charge in [-0.2, -0.15) is 0 Å². The number of carbonyl (C=O) groups is 2. The molecule has 1 unspecified atom stereocenters. The van der Waals surface area contributed by atoms with E-state index in [9.17, 15) is 14.7 Å². The summed E-state index contributed by atoms with van der Waals surface area (Å²) in [6.07, 6.45) is 0.375. The van der Waals surface area contributed by atoms with Gasteiger partial charge in [-0.3, -0.25) is 14.5 Å². The van der Waals surface area contributed by atoms with Gasteiger partial charge in [-0.1, -0.05) is 29.8 Å². The van der Waals surface area contributed by atoms with Crippen molar-refractivity contribution in [3.05, 3.63) is 35.4 Å². The van der Waals surface area contributed by atoms with Crippen molar-refractivity contribution in [2.45, 2.75) is 19.8 Å². The van der Waals surface area contributed by atoms with Crippen LogP contribution in [0.3, 0.4) is 0 Å². The van der Waals surface area contributed by atoms with E-state index in [0.717, 1.165) is 44.0 Å². The summed E-state index contributed by atoms with van der Waals surface area (Å²) in [6, 6.07) is 7.75. The Morgan fingerprint density at radius 2 is 2.08 bits per heavy atom. The third-order valence-electron chi connectivity index (χ3n) is 4.20. The highest BCUT2D eigenvalue weighted by Crippen LogP contribution is 2.14. The van der Waals surface area contributed by atoms with E-state index in [4.69, 9.17) is 4.74 Å². The topological polar surface area (TPSA) is 78.9 Å². The van der Waals surface area contributed by atoms with E-state index in [-0.39, 0.29) is 12.3 Å². The molecule has 1 amide bonds. The molecular weight excluding hydrogens is 308 g/mol. The SMILES string of the molecule is Cc1cccc(CC(CC(=O)NCCN2CCOCC2)C(=O)O)c1. The fourth-order valence-electron chi connectivity index (χ4n) is 2.84. The highest BCUT2D eigenvalue weighted by molar-refractivity contribution is 5.82. The van der Waals surface area contributed by atoms with Gasteiger partial charge in [0.05, 0.1) is 19.1 Å². The zero-order valence-corrected chi connectivity index (χ0v) is 14.2. The Labute approximate surface area is 142 Å². The molecule has 1 saturated heterocycles. The molecule has 0 spiro atoms. The number of aliphatic carboxylic acids is 1. The number of nitrogens with one attached hydrogen (secondary N) is 1. The number of ether oxygens (including phenoxy) is 1. The average Bonchev–Trinajstić information content (AvgIpc) is 2.55. The third-order valence-corrected chi connectivity index (χ3v) is 4.20. The first kappa shape index (κ1) is 18.4. The molecule has 1 atom stereocenters. The molecule has 1 heterocycles. The van der Waals surface area contributed by atoms with Crippen LogP contribution in [0.1, 0.15) is 17.5 Å². The number of carboxylic acids is 1. The fraction of sp³-hybridized carbons (Fsp3) is 0.556. The van der Waals surface area contributed by atoms with Crippen molar-refractivity contribution in [3.8, 4) is 0 Å². The Kier molecular flexibility index (Phi) is 7.21. The Hall–Kier alpha value is -1.92. The van der Waals surface area contributed by atoms with Crippen LogP contribution in [0.4, 0.5) is 0 Å². The maximum Gasteiger partial charge on any atom is 0.307 e. The van der Waals surface area contributed by atoms with E-state index in [1.165, 1.54) is 0 Å². The first-order chi connectivity index (χ1) is 11.5. The van der Waals surface area contributed by atoms with Crippen LogP contribution in [-0.2, 0) is 20.7 Å². The van der Waals surface area contributed by atoms with Crippen LogP contribution in [0, 0.1) is 12.8 Å². The van der Waals surface area contributed by atoms with Crippen molar-refractivity contribution in [2.75, 3.05) is 39.4 Å². The molecule has 1 aromatic rings. The second kappa shape index (κ2) is 9.39. The number of morpholine rings is 1. The Bertz CT molecular complexity index is 556. The van der Waals surface area contributed by atoms with Crippen LogP contribution in [0.25, 0.3) is 0 Å². The first-order valence-corrected chi connectivity index (χ1v) is 8.40. The van der Waals surface area contributed by atoms with E-state index in [0.29, 0.717) is 13.0 Å². The Morgan fingerprint density at radius 1 is 1.33 bits per heavy atom. The predicted molar refractivity (Wildman–Crippen MR) is 90.9 cm³/mol. The number of carboxylic acid groups (broad SMARTS) is 1. The van der Waals surface area contributed by atoms with Gasteiger partial charge in [0, 0.05) is 32.6 Å². The van der Waals surface area contributed by atoms with Gasteiger partial charge in [0.1, 0.15) is 0 Å². The van der Waals surface area contributed by atoms with Crippen molar-refractivity contribution in [1.82, 2.24) is 10.2 Å². The van der Waals surface area contributed by atoms with Crippen molar-refractivity contribution in [2.24, 2.45) is 5.92 Å². The lowest BCUT2D eigenvalue weighted by Gasteiger charge is -2.26. The van der Waals surface area contributed by atoms with Crippen LogP contribution < -0.4 is 5.32 Å². The van der Waals surface area contributed by atoms with Crippen molar-refractivity contribution < 1.29 is 19.4 Å². The minimum Gasteiger partial charge on any atom is -0.481 e. The summed E-state index contributed by atoms with van der Waals surface area (Å²) in [4.78, 5) is 25.7. The lowest BCUT2D eigenvalue weighted by molar-refractivity contribution is -0.144. The van der Waals surface area contributed by atoms with Gasteiger partial charge >= 0.3 is 5.97 Å². The molecule has 6 heteroatoms. The summed E-state index contributed by atoms with van der Waals surface area (Å²) in [6.45, 7) is 6.48. The second-order valence-corrected chi connectivity index (χ2v) is 6.24. The van der Waals surface area contributed by atoms with Crippen molar-refractivity contribution in [1.29, 1.82) is 0 Å². The molecular formula is C18H26N2O4. The van der Waals surface area contributed by atoms with Gasteiger partial charge < -0.3 is 15.2 Å². The van der Waals surface area contributed by atoms with E-state index >= 15 is 0 Å². The maximum absolute atomic E-state index is 12.0. The second-order valence-electron chi connectivity index (χ2n) is 6.24. The lowest BCUT2D eigenvalue weighted by atomic mass is 9.95. The van der Waals surface area contributed by atoms with E-state index in [1.807, 2.05) is 31.2 Å². The Balaban J connectivity index is 1.77. The standard InChI is InChI=1S/C18H26N2O4/c1-14-3-2-4-15(11-14)12-16(18(22)23)13-17(21)19-5-6-20-7-9-24-10-8-20/h2-4,11,16H,5-10,12-13H2,1H3,(H,19,21)(H,22,23). The summed E-state index contributed by atoms with van der Waals surface area (Å²) in [7, 11) is 0. The van der Waals surface area contributed by atoms with E-state index in [1.54, 1.807) is 0 Å². The predicted octanol–water partition coefficient (Wildman–Crippen LogP) is 1.08. The van der Waals surface area contributed by atoms with E-state index in [2.05, 4.69) is 10.2 Å². The third kappa shape index (κ3) is 6.29. The largest absolute Gasteiger partial charge is 0.481 e. The number of aryl methyl sites for hydroxylation is 1. The average molecular weight is 334 g/mol. The fourth-order valence-corrected chi connectivity index (χ4v) is 2.84. The van der Waals surface area contributed by atoms with Crippen LogP contribution in [0.5, 0.6) is 0 Å². The van der Waals surface area contributed by atoms with Crippen LogP contribution in [0.2, 0.25) is 0 Å². The molecule has 0 bridgehead atoms. The molecule has 0 saturated carbocycles. The molecule has 132 valence electrons. The molecule has 0 aliphatic carbocycles. The van der Waals surface area contributed by atoms with Gasteiger partial charge in [0.15, 0.2) is 0 Å². The van der Waals surface area contributed by atoms with Gasteiger partial charge in [0.2, 0.25) is 5.91 Å². The summed E-state index contributed by atoms with van der Waals surface area (Å²) in [5, 5.41) is 12.2. The molecule has 0 aromatic heterocycles. The molecule has 0 radical (unpaired) electrons. The number of amides is 1. The lowest BCUT2D eigenvalue weighted by Crippen LogP contribution is -2.41. The van der Waals surface area contributed by atoms with Gasteiger partial charge in [-0.05, 0) is 18.9 Å². The molecule has 1 aliphatic rings. The molecule has 2 N–H and O–H groups in total. The number of benzene rings is 1. The zero-order chi connectivity index (χ0) is 17.4. The molecule has 1 aromatic carbocycles. The van der Waals surface area contributed by atoms with Gasteiger partial charge in [-0.25, -0.2) is 0 Å². The number of carbonyl (C=O) groups excluding carboxylic acids is 1. The van der Waals surface area contributed by atoms with Gasteiger partial charge in [0.25, 0.3) is 0 Å². The van der Waals surface area contributed by atoms with Gasteiger partial charge in [-0.15, -0.1) is 0 Å². The van der Waals surface area contributed by atoms with Crippen LogP contribution >= 0.6 is 0 Å². The summed E-state index contributed by atoms with van der Waals surface area (Å²) < 4.78 is 5.28. The van der Waals surface area contributed by atoms with E-state index < -0.39 is 11.9 Å². The molecule has 6 nitrogen and oxygen atoms in total. The van der Waals surface area contributed by atoms with Crippen LogP contribution in [-0.4, -0.2) is 61.3 Å². The number of rotatable bonds is 8. The monoisotopic (exact) mass is 334 g/mol. The minimum absolute atomic E-state index is 0.00634. The highest BCUT2D eigenvalue weighted by Gasteiger charge is 2.22. The minimum atomic E-state index is -0.931. The Morgan fingerprint density at radius 3 is 2.75 bits per heavy atom. The summed E-state index contributed by atoms with van der Waals surface area (Å²) in [5.74, 6) is -1.83. The quantitative estimate of drug-likeness (QED) is 0.744. The smallest absolute Gasteiger partial charge is 0.307 e. The molecule has 2 rings (SSSR count). The first-order valence-electron chi connectivity index (χ1n) is 8.40. The summed E-state index contributed by atoms with van der Waals surface area (Å²) >= 11 is 0. The summed E-state index contributed by atoms with van der Waals surface area (Å²) in [5.41, 5.74) is 2.04. The zero-order valence-electron chi connectivity index (χ0n) is 14.2. The maximum atomic E-state index is 12.0. The van der Waals surface area contributed by atoms with Crippen molar-refractivity contribution >= 4 is 11.9 Å². The number of hydrogen-bond donors (Lipinski definition) is 2. The normalized spacial score (nSPS) is 16.5. The van der Waals surface area contributed by atoms with Crippen molar-refractivity contribution in [3.63, 3.8) is 0 Å². The molecule has 24 heavy (non-hydrogen) atoms. The number of hydrogen-bond acceptors (Lipinski definition) is 4. The molecule has 1 aliphatic heterocycles. The van der Waals surface area contributed by atoms with Crippen LogP contribution in [0.15, 0.2) is 24.3 Å². The molecule has 1 fully saturated rings. The highest BCUT2D eigenvalue weighted by atomic mass is 16.5. The number of nitrogens with zero attached hydrogens (tertiary/aromatic N) is 1.